The highest BCUT2D eigenvalue weighted by molar-refractivity contribution is 5.98. The van der Waals surface area contributed by atoms with E-state index in [4.69, 9.17) is 11.5 Å². The van der Waals surface area contributed by atoms with Crippen molar-refractivity contribution in [1.82, 2.24) is 10.2 Å². The number of carbonyl (C=O) groups excluding carboxylic acids is 3. The summed E-state index contributed by atoms with van der Waals surface area (Å²) in [5, 5.41) is 5.61. The number of nitrogens with two attached hydrogens (primary N) is 2. The summed E-state index contributed by atoms with van der Waals surface area (Å²) in [7, 11) is 0. The van der Waals surface area contributed by atoms with E-state index >= 15 is 0 Å². The molecule has 6 N–H and O–H groups in total. The molecular formula is C27H34FN5O3. The molecule has 2 aliphatic rings. The minimum atomic E-state index is -1.29. The lowest BCUT2D eigenvalue weighted by Crippen LogP contribution is -2.51. The van der Waals surface area contributed by atoms with E-state index in [1.807, 2.05) is 48.5 Å². The van der Waals surface area contributed by atoms with Gasteiger partial charge in [-0.05, 0) is 67.3 Å². The Morgan fingerprint density at radius 1 is 1.03 bits per heavy atom. The number of alkyl halides is 1. The van der Waals surface area contributed by atoms with Gasteiger partial charge in [-0.25, -0.2) is 4.39 Å². The molecule has 4 rings (SSSR count). The number of aryl methyl sites for hydroxylation is 3. The molecule has 0 spiro atoms. The van der Waals surface area contributed by atoms with Crippen LogP contribution in [-0.4, -0.2) is 60.0 Å². The molecule has 1 heterocycles. The molecule has 0 radical (unpaired) electrons. The van der Waals surface area contributed by atoms with E-state index in [2.05, 4.69) is 10.6 Å². The zero-order chi connectivity index (χ0) is 25.7. The lowest BCUT2D eigenvalue weighted by Gasteiger charge is -2.26. The maximum atomic E-state index is 13.3. The van der Waals surface area contributed by atoms with Gasteiger partial charge < -0.3 is 27.0 Å². The molecule has 2 aromatic rings. The Balaban J connectivity index is 1.46. The standard InChI is InChI=1S/C27H34FN5O3/c28-15-23(30)25(34)32-21-14-24(26(35)31-20-11-10-18-7-4-8-19(18)13-20)33(16-21)27(36)22(29)12-9-17-5-2-1-3-6-17/h1-3,5-6,10-11,13,21-24H,4,7-9,12,14-16,29-30H2,(H,31,35)(H,32,34)/t21-,22+,23+,24+/m1/s1. The fourth-order valence-electron chi connectivity index (χ4n) is 4.99. The Morgan fingerprint density at radius 2 is 1.78 bits per heavy atom. The molecule has 0 bridgehead atoms. The number of nitrogens with zero attached hydrogens (tertiary/aromatic N) is 1. The number of fused-ring (bicyclic) bond motifs is 1. The number of hydrogen-bond donors (Lipinski definition) is 4. The lowest BCUT2D eigenvalue weighted by molar-refractivity contribution is -0.137. The third-order valence-electron chi connectivity index (χ3n) is 7.01. The monoisotopic (exact) mass is 495 g/mol. The summed E-state index contributed by atoms with van der Waals surface area (Å²) in [6.07, 6.45) is 4.35. The van der Waals surface area contributed by atoms with Crippen molar-refractivity contribution in [3.05, 3.63) is 65.2 Å². The van der Waals surface area contributed by atoms with Crippen LogP contribution in [0.15, 0.2) is 48.5 Å². The molecule has 9 heteroatoms. The summed E-state index contributed by atoms with van der Waals surface area (Å²) < 4.78 is 12.9. The van der Waals surface area contributed by atoms with Crippen molar-refractivity contribution in [2.45, 2.75) is 62.7 Å². The predicted octanol–water partition coefficient (Wildman–Crippen LogP) is 1.46. The number of anilines is 1. The number of rotatable bonds is 9. The van der Waals surface area contributed by atoms with Gasteiger partial charge >= 0.3 is 0 Å². The van der Waals surface area contributed by atoms with Crippen molar-refractivity contribution in [1.29, 1.82) is 0 Å². The first-order valence-corrected chi connectivity index (χ1v) is 12.5. The highest BCUT2D eigenvalue weighted by Crippen LogP contribution is 2.26. The van der Waals surface area contributed by atoms with Gasteiger partial charge in [-0.2, -0.15) is 0 Å². The highest BCUT2D eigenvalue weighted by atomic mass is 19.1. The summed E-state index contributed by atoms with van der Waals surface area (Å²) in [6, 6.07) is 12.2. The second-order valence-corrected chi connectivity index (χ2v) is 9.67. The van der Waals surface area contributed by atoms with Crippen LogP contribution in [-0.2, 0) is 33.6 Å². The van der Waals surface area contributed by atoms with Gasteiger partial charge in [-0.3, -0.25) is 14.4 Å². The van der Waals surface area contributed by atoms with Crippen molar-refractivity contribution in [3.8, 4) is 0 Å². The van der Waals surface area contributed by atoms with Crippen LogP contribution in [0.1, 0.15) is 36.0 Å². The van der Waals surface area contributed by atoms with Crippen LogP contribution in [0.2, 0.25) is 0 Å². The summed E-state index contributed by atoms with van der Waals surface area (Å²) in [5.74, 6) is -1.35. The van der Waals surface area contributed by atoms with E-state index < -0.39 is 36.7 Å². The molecule has 1 fully saturated rings. The van der Waals surface area contributed by atoms with Crippen LogP contribution in [0, 0.1) is 0 Å². The fourth-order valence-corrected chi connectivity index (χ4v) is 4.99. The highest BCUT2D eigenvalue weighted by Gasteiger charge is 2.42. The quantitative estimate of drug-likeness (QED) is 0.418. The van der Waals surface area contributed by atoms with E-state index in [1.165, 1.54) is 16.0 Å². The number of amides is 3. The molecule has 36 heavy (non-hydrogen) atoms. The number of benzene rings is 2. The van der Waals surface area contributed by atoms with E-state index in [1.54, 1.807) is 0 Å². The van der Waals surface area contributed by atoms with Crippen molar-refractivity contribution in [3.63, 3.8) is 0 Å². The first kappa shape index (κ1) is 25.8. The SMILES string of the molecule is N[C@@H](CF)C(=O)N[C@@H]1C[C@@H](C(=O)Nc2ccc3c(c2)CCC3)N(C(=O)[C@@H](N)CCc2ccccc2)C1. The molecule has 1 saturated heterocycles. The van der Waals surface area contributed by atoms with Crippen LogP contribution in [0.5, 0.6) is 0 Å². The molecule has 0 unspecified atom stereocenters. The Bertz CT molecular complexity index is 1100. The minimum absolute atomic E-state index is 0.102. The third kappa shape index (κ3) is 6.09. The first-order chi connectivity index (χ1) is 17.4. The van der Waals surface area contributed by atoms with Crippen LogP contribution < -0.4 is 22.1 Å². The summed E-state index contributed by atoms with van der Waals surface area (Å²) in [5.41, 5.74) is 16.0. The number of hydrogen-bond acceptors (Lipinski definition) is 5. The average Bonchev–Trinajstić information content (AvgIpc) is 3.53. The number of halogens is 1. The van der Waals surface area contributed by atoms with Gasteiger partial charge in [-0.1, -0.05) is 36.4 Å². The maximum Gasteiger partial charge on any atom is 0.247 e. The summed E-state index contributed by atoms with van der Waals surface area (Å²) in [6.45, 7) is -0.890. The molecule has 1 aliphatic heterocycles. The fraction of sp³-hybridized carbons (Fsp3) is 0.444. The second kappa shape index (κ2) is 11.6. The molecule has 192 valence electrons. The molecule has 4 atom stereocenters. The number of likely N-dealkylation sites (tertiary alicyclic amines) is 1. The summed E-state index contributed by atoms with van der Waals surface area (Å²) in [4.78, 5) is 40.2. The van der Waals surface area contributed by atoms with E-state index in [9.17, 15) is 18.8 Å². The van der Waals surface area contributed by atoms with E-state index in [0.29, 0.717) is 18.5 Å². The molecule has 2 aromatic carbocycles. The zero-order valence-electron chi connectivity index (χ0n) is 20.3. The minimum Gasteiger partial charge on any atom is -0.350 e. The largest absolute Gasteiger partial charge is 0.350 e. The van der Waals surface area contributed by atoms with Gasteiger partial charge in [0, 0.05) is 18.3 Å². The average molecular weight is 496 g/mol. The molecule has 1 aliphatic carbocycles. The van der Waals surface area contributed by atoms with E-state index in [-0.39, 0.29) is 24.8 Å². The smallest absolute Gasteiger partial charge is 0.247 e. The van der Waals surface area contributed by atoms with Gasteiger partial charge in [0.05, 0.1) is 6.04 Å². The van der Waals surface area contributed by atoms with Crippen molar-refractivity contribution in [2.75, 3.05) is 18.5 Å². The van der Waals surface area contributed by atoms with Gasteiger partial charge in [-0.15, -0.1) is 0 Å². The van der Waals surface area contributed by atoms with Gasteiger partial charge in [0.1, 0.15) is 18.8 Å². The predicted molar refractivity (Wildman–Crippen MR) is 136 cm³/mol. The molecule has 8 nitrogen and oxygen atoms in total. The number of carbonyl (C=O) groups is 3. The molecule has 0 aromatic heterocycles. The maximum absolute atomic E-state index is 13.3. The third-order valence-corrected chi connectivity index (χ3v) is 7.01. The van der Waals surface area contributed by atoms with Crippen LogP contribution in [0.25, 0.3) is 0 Å². The first-order valence-electron chi connectivity index (χ1n) is 12.5. The number of nitrogens with one attached hydrogen (secondary N) is 2. The van der Waals surface area contributed by atoms with Crippen LogP contribution >= 0.6 is 0 Å². The van der Waals surface area contributed by atoms with Crippen molar-refractivity contribution in [2.24, 2.45) is 11.5 Å². The van der Waals surface area contributed by atoms with Crippen molar-refractivity contribution < 1.29 is 18.8 Å². The molecule has 0 saturated carbocycles. The van der Waals surface area contributed by atoms with Gasteiger partial charge in [0.2, 0.25) is 17.7 Å². The Labute approximate surface area is 210 Å². The second-order valence-electron chi connectivity index (χ2n) is 9.67. The molecular weight excluding hydrogens is 461 g/mol. The van der Waals surface area contributed by atoms with Crippen LogP contribution in [0.4, 0.5) is 10.1 Å². The molecule has 3 amide bonds. The Kier molecular flexibility index (Phi) is 8.32. The Morgan fingerprint density at radius 3 is 2.53 bits per heavy atom. The summed E-state index contributed by atoms with van der Waals surface area (Å²) >= 11 is 0. The zero-order valence-corrected chi connectivity index (χ0v) is 20.3. The lowest BCUT2D eigenvalue weighted by atomic mass is 10.0. The normalized spacial score (nSPS) is 20.5. The topological polar surface area (TPSA) is 131 Å². The van der Waals surface area contributed by atoms with Gasteiger partial charge in [0.25, 0.3) is 0 Å². The van der Waals surface area contributed by atoms with E-state index in [0.717, 1.165) is 24.8 Å². The van der Waals surface area contributed by atoms with Gasteiger partial charge in [0.15, 0.2) is 0 Å². The van der Waals surface area contributed by atoms with Crippen LogP contribution in [0.3, 0.4) is 0 Å². The van der Waals surface area contributed by atoms with Crippen molar-refractivity contribution >= 4 is 23.4 Å². The Hall–Kier alpha value is -3.30.